The fraction of sp³-hybridized carbons (Fsp3) is 0.429. The quantitative estimate of drug-likeness (QED) is 0.718. The molecule has 172 valence electrons. The smallest absolute Gasteiger partial charge is 0.317 e. The van der Waals surface area contributed by atoms with Crippen LogP contribution in [-0.4, -0.2) is 81.1 Å². The van der Waals surface area contributed by atoms with Crippen LogP contribution in [0.3, 0.4) is 0 Å². The second kappa shape index (κ2) is 9.80. The molecule has 0 saturated carbocycles. The number of urea groups is 1. The average molecular weight is 464 g/mol. The van der Waals surface area contributed by atoms with Crippen molar-refractivity contribution in [1.29, 1.82) is 0 Å². The molecule has 2 aliphatic heterocycles. The Balaban J connectivity index is 1.30. The zero-order chi connectivity index (χ0) is 22.6. The highest BCUT2D eigenvalue weighted by Gasteiger charge is 2.31. The number of amides is 2. The van der Waals surface area contributed by atoms with Crippen LogP contribution in [-0.2, 0) is 21.3 Å². The fourth-order valence-electron chi connectivity index (χ4n) is 3.75. The van der Waals surface area contributed by atoms with Crippen LogP contribution in [0, 0.1) is 5.82 Å². The lowest BCUT2D eigenvalue weighted by atomic mass is 10.2. The number of nitrogens with zero attached hydrogens (tertiary/aromatic N) is 4. The Kier molecular flexibility index (Phi) is 6.87. The van der Waals surface area contributed by atoms with Crippen molar-refractivity contribution >= 4 is 21.9 Å². The van der Waals surface area contributed by atoms with Gasteiger partial charge in [0.1, 0.15) is 16.5 Å². The number of aromatic nitrogens is 1. The SMILES string of the molecule is O=C(NCc1ccnc(N2CCOCC2)c1)N1CCN(S(=O)(=O)c2ccccc2F)CC1. The number of halogens is 1. The van der Waals surface area contributed by atoms with E-state index in [2.05, 4.69) is 15.2 Å². The number of piperazine rings is 1. The zero-order valence-corrected chi connectivity index (χ0v) is 18.4. The summed E-state index contributed by atoms with van der Waals surface area (Å²) in [6.07, 6.45) is 1.72. The molecule has 0 atom stereocenters. The number of hydrogen-bond acceptors (Lipinski definition) is 6. The van der Waals surface area contributed by atoms with Crippen LogP contribution in [0.15, 0.2) is 47.5 Å². The summed E-state index contributed by atoms with van der Waals surface area (Å²) in [6, 6.07) is 8.85. The van der Waals surface area contributed by atoms with Crippen molar-refractivity contribution in [3.8, 4) is 0 Å². The Bertz CT molecular complexity index is 1050. The molecular formula is C21H26FN5O4S. The van der Waals surface area contributed by atoms with Crippen molar-refractivity contribution in [2.24, 2.45) is 0 Å². The lowest BCUT2D eigenvalue weighted by Gasteiger charge is -2.34. The molecule has 2 amide bonds. The summed E-state index contributed by atoms with van der Waals surface area (Å²) < 4.78 is 46.0. The van der Waals surface area contributed by atoms with E-state index < -0.39 is 15.8 Å². The van der Waals surface area contributed by atoms with E-state index in [0.717, 1.165) is 30.5 Å². The first-order chi connectivity index (χ1) is 15.4. The minimum Gasteiger partial charge on any atom is -0.378 e. The highest BCUT2D eigenvalue weighted by molar-refractivity contribution is 7.89. The molecule has 0 radical (unpaired) electrons. The third kappa shape index (κ3) is 5.00. The van der Waals surface area contributed by atoms with E-state index in [-0.39, 0.29) is 37.1 Å². The molecule has 0 bridgehead atoms. The van der Waals surface area contributed by atoms with Crippen LogP contribution in [0.2, 0.25) is 0 Å². The van der Waals surface area contributed by atoms with Crippen molar-refractivity contribution in [1.82, 2.24) is 19.5 Å². The van der Waals surface area contributed by atoms with E-state index >= 15 is 0 Å². The summed E-state index contributed by atoms with van der Waals surface area (Å²) in [4.78, 5) is 20.4. The molecular weight excluding hydrogens is 437 g/mol. The van der Waals surface area contributed by atoms with E-state index in [4.69, 9.17) is 4.74 Å². The van der Waals surface area contributed by atoms with Crippen molar-refractivity contribution < 1.29 is 22.3 Å². The van der Waals surface area contributed by atoms with Gasteiger partial charge in [-0.3, -0.25) is 0 Å². The van der Waals surface area contributed by atoms with Gasteiger partial charge in [0, 0.05) is 52.0 Å². The minimum atomic E-state index is -3.93. The molecule has 0 aliphatic carbocycles. The lowest BCUT2D eigenvalue weighted by Crippen LogP contribution is -2.53. The van der Waals surface area contributed by atoms with E-state index in [1.54, 1.807) is 11.1 Å². The third-order valence-electron chi connectivity index (χ3n) is 5.57. The third-order valence-corrected chi connectivity index (χ3v) is 7.50. The molecule has 0 unspecified atom stereocenters. The fourth-order valence-corrected chi connectivity index (χ4v) is 5.24. The molecule has 32 heavy (non-hydrogen) atoms. The van der Waals surface area contributed by atoms with Crippen LogP contribution in [0.1, 0.15) is 5.56 Å². The summed E-state index contributed by atoms with van der Waals surface area (Å²) in [6.45, 7) is 3.92. The van der Waals surface area contributed by atoms with Gasteiger partial charge in [0.15, 0.2) is 0 Å². The van der Waals surface area contributed by atoms with Gasteiger partial charge in [-0.15, -0.1) is 0 Å². The molecule has 2 aromatic rings. The second-order valence-electron chi connectivity index (χ2n) is 7.60. The normalized spacial score (nSPS) is 17.9. The monoisotopic (exact) mass is 463 g/mol. The van der Waals surface area contributed by atoms with Crippen LogP contribution < -0.4 is 10.2 Å². The summed E-state index contributed by atoms with van der Waals surface area (Å²) in [7, 11) is -3.93. The number of sulfonamides is 1. The number of benzene rings is 1. The van der Waals surface area contributed by atoms with Gasteiger partial charge >= 0.3 is 6.03 Å². The van der Waals surface area contributed by atoms with E-state index in [1.165, 1.54) is 22.5 Å². The first-order valence-electron chi connectivity index (χ1n) is 10.5. The maximum Gasteiger partial charge on any atom is 0.317 e. The molecule has 0 spiro atoms. The Morgan fingerprint density at radius 1 is 1.06 bits per heavy atom. The Morgan fingerprint density at radius 2 is 1.78 bits per heavy atom. The summed E-state index contributed by atoms with van der Waals surface area (Å²) in [5.74, 6) is 0.0773. The van der Waals surface area contributed by atoms with Crippen LogP contribution in [0.5, 0.6) is 0 Å². The number of nitrogens with one attached hydrogen (secondary N) is 1. The van der Waals surface area contributed by atoms with Gasteiger partial charge in [0.2, 0.25) is 10.0 Å². The molecule has 4 rings (SSSR count). The number of hydrogen-bond donors (Lipinski definition) is 1. The van der Waals surface area contributed by atoms with Crippen molar-refractivity contribution in [3.63, 3.8) is 0 Å². The van der Waals surface area contributed by atoms with Gasteiger partial charge in [0.25, 0.3) is 0 Å². The topological polar surface area (TPSA) is 95.1 Å². The number of carbonyl (C=O) groups excluding carboxylic acids is 1. The van der Waals surface area contributed by atoms with Crippen molar-refractivity contribution in [2.45, 2.75) is 11.4 Å². The van der Waals surface area contributed by atoms with E-state index in [1.807, 2.05) is 12.1 Å². The molecule has 9 nitrogen and oxygen atoms in total. The number of rotatable bonds is 5. The maximum atomic E-state index is 14.0. The van der Waals surface area contributed by atoms with Crippen LogP contribution >= 0.6 is 0 Å². The largest absolute Gasteiger partial charge is 0.378 e. The highest BCUT2D eigenvalue weighted by Crippen LogP contribution is 2.20. The van der Waals surface area contributed by atoms with Gasteiger partial charge in [-0.2, -0.15) is 4.31 Å². The second-order valence-corrected chi connectivity index (χ2v) is 9.51. The summed E-state index contributed by atoms with van der Waals surface area (Å²) >= 11 is 0. The first-order valence-corrected chi connectivity index (χ1v) is 11.9. The molecule has 1 aromatic heterocycles. The van der Waals surface area contributed by atoms with Crippen LogP contribution in [0.25, 0.3) is 0 Å². The van der Waals surface area contributed by atoms with Gasteiger partial charge < -0.3 is 19.9 Å². The zero-order valence-electron chi connectivity index (χ0n) is 17.6. The lowest BCUT2D eigenvalue weighted by molar-refractivity contribution is 0.122. The predicted molar refractivity (Wildman–Crippen MR) is 116 cm³/mol. The molecule has 2 fully saturated rings. The average Bonchev–Trinajstić information content (AvgIpc) is 2.83. The number of ether oxygens (including phenoxy) is 1. The van der Waals surface area contributed by atoms with E-state index in [0.29, 0.717) is 19.8 Å². The van der Waals surface area contributed by atoms with Crippen molar-refractivity contribution in [2.75, 3.05) is 57.4 Å². The Labute approximate surface area is 186 Å². The van der Waals surface area contributed by atoms with Crippen LogP contribution in [0.4, 0.5) is 15.0 Å². The highest BCUT2D eigenvalue weighted by atomic mass is 32.2. The molecule has 1 N–H and O–H groups in total. The molecule has 2 aliphatic rings. The Hall–Kier alpha value is -2.76. The van der Waals surface area contributed by atoms with Gasteiger partial charge in [-0.25, -0.2) is 22.6 Å². The number of morpholine rings is 1. The standard InChI is InChI=1S/C21H26FN5O4S/c22-18-3-1-2-4-19(18)32(29,30)27-9-7-26(8-10-27)21(28)24-16-17-5-6-23-20(15-17)25-11-13-31-14-12-25/h1-6,15H,7-14,16H2,(H,24,28). The first kappa shape index (κ1) is 22.4. The summed E-state index contributed by atoms with van der Waals surface area (Å²) in [5, 5.41) is 2.88. The Morgan fingerprint density at radius 3 is 2.50 bits per heavy atom. The number of pyridine rings is 1. The predicted octanol–water partition coefficient (Wildman–Crippen LogP) is 1.27. The number of anilines is 1. The minimum absolute atomic E-state index is 0.112. The summed E-state index contributed by atoms with van der Waals surface area (Å²) in [5.41, 5.74) is 0.926. The van der Waals surface area contributed by atoms with E-state index in [9.17, 15) is 17.6 Å². The van der Waals surface area contributed by atoms with Crippen molar-refractivity contribution in [3.05, 3.63) is 54.0 Å². The van der Waals surface area contributed by atoms with Gasteiger partial charge in [0.05, 0.1) is 13.2 Å². The number of carbonyl (C=O) groups is 1. The van der Waals surface area contributed by atoms with Gasteiger partial charge in [-0.1, -0.05) is 12.1 Å². The molecule has 3 heterocycles. The molecule has 2 saturated heterocycles. The molecule has 1 aromatic carbocycles. The van der Waals surface area contributed by atoms with Gasteiger partial charge in [-0.05, 0) is 29.8 Å². The molecule has 11 heteroatoms. The maximum absolute atomic E-state index is 14.0.